The van der Waals surface area contributed by atoms with Gasteiger partial charge in [-0.1, -0.05) is 35.9 Å². The fraction of sp³-hybridized carbons (Fsp3) is 0.276. The maximum Gasteiger partial charge on any atom is 0.231 e. The molecular formula is C29H27NO5. The molecule has 0 spiro atoms. The number of fused-ring (bicyclic) bond motifs is 2. The van der Waals surface area contributed by atoms with Crippen LogP contribution in [-0.4, -0.2) is 26.8 Å². The standard InChI is InChI=1S/C29H27NO5/c1-16-4-6-17(7-5-16)28-20-13-26-27(35-15-34-26)14-21(20)30-22-10-19(11-23(31)29(22)28)18-8-9-24(32-2)25(12-18)33-3/h4-9,12-14,19,28,30H,10-11,15H2,1-3H3/t19-,28+/m1/s1. The predicted octanol–water partition coefficient (Wildman–Crippen LogP) is 5.70. The maximum atomic E-state index is 13.8. The van der Waals surface area contributed by atoms with Crippen LogP contribution in [0.2, 0.25) is 0 Å². The number of Topliss-reactive ketones (excluding diaryl/α,β-unsaturated/α-hetero) is 1. The Kier molecular flexibility index (Phi) is 5.17. The minimum Gasteiger partial charge on any atom is -0.493 e. The maximum absolute atomic E-state index is 13.8. The minimum absolute atomic E-state index is 0.0442. The van der Waals surface area contributed by atoms with Crippen LogP contribution in [0.3, 0.4) is 0 Å². The molecule has 6 rings (SSSR count). The molecule has 3 aromatic carbocycles. The lowest BCUT2D eigenvalue weighted by atomic mass is 9.72. The molecule has 178 valence electrons. The number of ketones is 1. The number of carbonyl (C=O) groups is 1. The smallest absolute Gasteiger partial charge is 0.231 e. The summed E-state index contributed by atoms with van der Waals surface area (Å²) in [6.45, 7) is 2.28. The fourth-order valence-corrected chi connectivity index (χ4v) is 5.45. The number of rotatable bonds is 4. The molecule has 0 fully saturated rings. The Balaban J connectivity index is 1.44. The van der Waals surface area contributed by atoms with Crippen LogP contribution in [0.1, 0.15) is 46.9 Å². The van der Waals surface area contributed by atoms with E-state index in [9.17, 15) is 4.79 Å². The topological polar surface area (TPSA) is 66.0 Å². The van der Waals surface area contributed by atoms with Crippen LogP contribution >= 0.6 is 0 Å². The van der Waals surface area contributed by atoms with Gasteiger partial charge in [-0.3, -0.25) is 4.79 Å². The van der Waals surface area contributed by atoms with Crippen molar-refractivity contribution in [3.05, 3.63) is 88.1 Å². The van der Waals surface area contributed by atoms with Gasteiger partial charge < -0.3 is 24.3 Å². The quantitative estimate of drug-likeness (QED) is 0.529. The first-order chi connectivity index (χ1) is 17.1. The Morgan fingerprint density at radius 1 is 0.857 bits per heavy atom. The normalized spacial score (nSPS) is 20.1. The Morgan fingerprint density at radius 2 is 1.57 bits per heavy atom. The molecule has 6 heteroatoms. The van der Waals surface area contributed by atoms with E-state index < -0.39 is 0 Å². The van der Waals surface area contributed by atoms with Crippen molar-refractivity contribution >= 4 is 11.5 Å². The van der Waals surface area contributed by atoms with E-state index in [1.807, 2.05) is 30.3 Å². The molecule has 2 heterocycles. The van der Waals surface area contributed by atoms with Crippen molar-refractivity contribution in [3.8, 4) is 23.0 Å². The van der Waals surface area contributed by atoms with Gasteiger partial charge in [0.25, 0.3) is 0 Å². The van der Waals surface area contributed by atoms with Gasteiger partial charge in [0, 0.05) is 35.4 Å². The molecule has 2 atom stereocenters. The number of aryl methyl sites for hydroxylation is 1. The van der Waals surface area contributed by atoms with E-state index in [1.165, 1.54) is 5.56 Å². The number of carbonyl (C=O) groups excluding carboxylic acids is 1. The first-order valence-corrected chi connectivity index (χ1v) is 11.8. The first kappa shape index (κ1) is 21.6. The molecule has 0 saturated carbocycles. The molecule has 3 aromatic rings. The van der Waals surface area contributed by atoms with Crippen LogP contribution in [0.15, 0.2) is 65.9 Å². The van der Waals surface area contributed by atoms with Crippen molar-refractivity contribution in [2.24, 2.45) is 0 Å². The van der Waals surface area contributed by atoms with Crippen LogP contribution in [-0.2, 0) is 4.79 Å². The third-order valence-corrected chi connectivity index (χ3v) is 7.23. The molecule has 0 bridgehead atoms. The van der Waals surface area contributed by atoms with Gasteiger partial charge in [-0.05, 0) is 54.2 Å². The van der Waals surface area contributed by atoms with Crippen LogP contribution < -0.4 is 24.3 Å². The molecule has 0 radical (unpaired) electrons. The third kappa shape index (κ3) is 3.60. The molecule has 3 aliphatic rings. The molecule has 2 aliphatic heterocycles. The lowest BCUT2D eigenvalue weighted by Gasteiger charge is -2.37. The number of hydrogen-bond donors (Lipinski definition) is 1. The summed E-state index contributed by atoms with van der Waals surface area (Å²) in [5, 5.41) is 3.59. The SMILES string of the molecule is COc1ccc([C@H]2CC(=O)C3=C(C2)Nc2cc4c(cc2[C@@H]3c2ccc(C)cc2)OCO4)cc1OC. The van der Waals surface area contributed by atoms with Crippen molar-refractivity contribution in [2.75, 3.05) is 26.3 Å². The summed E-state index contributed by atoms with van der Waals surface area (Å²) >= 11 is 0. The summed E-state index contributed by atoms with van der Waals surface area (Å²) in [5.74, 6) is 2.84. The van der Waals surface area contributed by atoms with Crippen LogP contribution in [0.5, 0.6) is 23.0 Å². The zero-order valence-corrected chi connectivity index (χ0v) is 20.0. The molecular weight excluding hydrogens is 442 g/mol. The van der Waals surface area contributed by atoms with Gasteiger partial charge in [0.05, 0.1) is 14.2 Å². The number of anilines is 1. The van der Waals surface area contributed by atoms with Gasteiger partial charge in [0.1, 0.15) is 0 Å². The molecule has 1 N–H and O–H groups in total. The number of allylic oxidation sites excluding steroid dienone is 2. The summed E-state index contributed by atoms with van der Waals surface area (Å²) < 4.78 is 22.2. The molecule has 35 heavy (non-hydrogen) atoms. The molecule has 0 amide bonds. The van der Waals surface area contributed by atoms with Gasteiger partial charge in [-0.2, -0.15) is 0 Å². The largest absolute Gasteiger partial charge is 0.493 e. The zero-order valence-electron chi connectivity index (χ0n) is 20.0. The van der Waals surface area contributed by atoms with Crippen molar-refractivity contribution < 1.29 is 23.7 Å². The van der Waals surface area contributed by atoms with Crippen molar-refractivity contribution in [1.29, 1.82) is 0 Å². The van der Waals surface area contributed by atoms with Gasteiger partial charge in [-0.25, -0.2) is 0 Å². The highest BCUT2D eigenvalue weighted by Crippen LogP contribution is 2.51. The highest BCUT2D eigenvalue weighted by Gasteiger charge is 2.39. The molecule has 6 nitrogen and oxygen atoms in total. The number of ether oxygens (including phenoxy) is 4. The minimum atomic E-state index is -0.157. The van der Waals surface area contributed by atoms with E-state index in [1.54, 1.807) is 14.2 Å². The van der Waals surface area contributed by atoms with Crippen molar-refractivity contribution in [2.45, 2.75) is 31.6 Å². The second-order valence-electron chi connectivity index (χ2n) is 9.30. The second kappa shape index (κ2) is 8.38. The van der Waals surface area contributed by atoms with Crippen LogP contribution in [0, 0.1) is 6.92 Å². The second-order valence-corrected chi connectivity index (χ2v) is 9.30. The number of methoxy groups -OCH3 is 2. The summed E-state index contributed by atoms with van der Waals surface area (Å²) in [4.78, 5) is 13.8. The van der Waals surface area contributed by atoms with Crippen molar-refractivity contribution in [3.63, 3.8) is 0 Å². The Labute approximate surface area is 204 Å². The van der Waals surface area contributed by atoms with E-state index in [0.717, 1.165) is 51.6 Å². The summed E-state index contributed by atoms with van der Waals surface area (Å²) in [7, 11) is 3.25. The van der Waals surface area contributed by atoms with Crippen molar-refractivity contribution in [1.82, 2.24) is 0 Å². The van der Waals surface area contributed by atoms with E-state index in [-0.39, 0.29) is 24.4 Å². The third-order valence-electron chi connectivity index (χ3n) is 7.23. The average molecular weight is 470 g/mol. The predicted molar refractivity (Wildman–Crippen MR) is 133 cm³/mol. The number of benzene rings is 3. The molecule has 0 unspecified atom stereocenters. The number of hydrogen-bond acceptors (Lipinski definition) is 6. The Hall–Kier alpha value is -3.93. The van der Waals surface area contributed by atoms with E-state index in [0.29, 0.717) is 17.9 Å². The van der Waals surface area contributed by atoms with Gasteiger partial charge >= 0.3 is 0 Å². The monoisotopic (exact) mass is 469 g/mol. The summed E-state index contributed by atoms with van der Waals surface area (Å²) in [5.41, 5.74) is 7.16. The van der Waals surface area contributed by atoms with Gasteiger partial charge in [-0.15, -0.1) is 0 Å². The molecule has 1 aliphatic carbocycles. The van der Waals surface area contributed by atoms with Gasteiger partial charge in [0.15, 0.2) is 28.8 Å². The lowest BCUT2D eigenvalue weighted by Crippen LogP contribution is -2.29. The van der Waals surface area contributed by atoms with E-state index >= 15 is 0 Å². The molecule has 0 aromatic heterocycles. The van der Waals surface area contributed by atoms with E-state index in [4.69, 9.17) is 18.9 Å². The Bertz CT molecular complexity index is 1360. The Morgan fingerprint density at radius 3 is 2.31 bits per heavy atom. The highest BCUT2D eigenvalue weighted by atomic mass is 16.7. The summed E-state index contributed by atoms with van der Waals surface area (Å²) in [6, 6.07) is 18.4. The lowest BCUT2D eigenvalue weighted by molar-refractivity contribution is -0.116. The van der Waals surface area contributed by atoms with Crippen LogP contribution in [0.4, 0.5) is 5.69 Å². The zero-order chi connectivity index (χ0) is 24.1. The van der Waals surface area contributed by atoms with Gasteiger partial charge in [0.2, 0.25) is 6.79 Å². The van der Waals surface area contributed by atoms with Crippen LogP contribution in [0.25, 0.3) is 0 Å². The molecule has 0 saturated heterocycles. The number of nitrogens with one attached hydrogen (secondary N) is 1. The fourth-order valence-electron chi connectivity index (χ4n) is 5.45. The average Bonchev–Trinajstić information content (AvgIpc) is 3.33. The van der Waals surface area contributed by atoms with E-state index in [2.05, 4.69) is 36.5 Å². The summed E-state index contributed by atoms with van der Waals surface area (Å²) in [6.07, 6.45) is 1.17. The first-order valence-electron chi connectivity index (χ1n) is 11.8. The highest BCUT2D eigenvalue weighted by molar-refractivity contribution is 6.02.